The van der Waals surface area contributed by atoms with Crippen LogP contribution < -0.4 is 0 Å². The van der Waals surface area contributed by atoms with E-state index in [0.717, 1.165) is 11.8 Å². The third-order valence-electron chi connectivity index (χ3n) is 5.76. The van der Waals surface area contributed by atoms with Crippen molar-refractivity contribution >= 4 is 57.9 Å². The van der Waals surface area contributed by atoms with E-state index in [4.69, 9.17) is 18.9 Å². The van der Waals surface area contributed by atoms with Gasteiger partial charge in [-0.2, -0.15) is 0 Å². The Morgan fingerprint density at radius 2 is 1.25 bits per heavy atom. The summed E-state index contributed by atoms with van der Waals surface area (Å²) in [6, 6.07) is 0. The molecule has 0 radical (unpaired) electrons. The number of rotatable bonds is 9. The predicted octanol–water partition coefficient (Wildman–Crippen LogP) is 5.14. The fourth-order valence-corrected chi connectivity index (χ4v) is 4.53. The molecular weight excluding hydrogens is 670 g/mol. The average molecular weight is 720 g/mol. The molecule has 0 bridgehead atoms. The van der Waals surface area contributed by atoms with Crippen molar-refractivity contribution in [2.75, 3.05) is 13.2 Å². The fourth-order valence-electron chi connectivity index (χ4n) is 2.83. The van der Waals surface area contributed by atoms with E-state index < -0.39 is 85.6 Å². The highest BCUT2D eigenvalue weighted by molar-refractivity contribution is 9.09. The quantitative estimate of drug-likeness (QED) is 0.147. The lowest BCUT2D eigenvalue weighted by Crippen LogP contribution is -2.42. The highest BCUT2D eigenvalue weighted by Crippen LogP contribution is 2.38. The first-order valence-electron chi connectivity index (χ1n) is 14.1. The number of thioether (sulfide) groups is 1. The second kappa shape index (κ2) is 16.7. The van der Waals surface area contributed by atoms with Gasteiger partial charge in [0.1, 0.15) is 18.6 Å². The van der Waals surface area contributed by atoms with E-state index in [2.05, 4.69) is 15.9 Å². The molecular formula is C30H49BrF2O10S. The molecule has 0 aromatic rings. The molecule has 0 aromatic carbocycles. The zero-order valence-electron chi connectivity index (χ0n) is 27.7. The minimum absolute atomic E-state index is 0.0560. The lowest BCUT2D eigenvalue weighted by Gasteiger charge is -2.27. The van der Waals surface area contributed by atoms with Crippen molar-refractivity contribution in [2.45, 2.75) is 123 Å². The van der Waals surface area contributed by atoms with Crippen LogP contribution >= 0.6 is 27.7 Å². The van der Waals surface area contributed by atoms with E-state index in [0.29, 0.717) is 0 Å². The van der Waals surface area contributed by atoms with Crippen molar-refractivity contribution in [3.8, 4) is 0 Å². The topological polar surface area (TPSA) is 143 Å². The maximum atomic E-state index is 14.1. The Hall–Kier alpha value is -1.80. The van der Waals surface area contributed by atoms with Crippen LogP contribution in [0.25, 0.3) is 0 Å². The summed E-state index contributed by atoms with van der Waals surface area (Å²) in [5, 5.41) is 9.01. The molecule has 0 aliphatic carbocycles. The summed E-state index contributed by atoms with van der Waals surface area (Å²) in [6.45, 7) is 19.7. The van der Waals surface area contributed by atoms with Crippen molar-refractivity contribution in [2.24, 2.45) is 21.7 Å². The van der Waals surface area contributed by atoms with Crippen LogP contribution in [0, 0.1) is 21.7 Å². The Labute approximate surface area is 272 Å². The number of alkyl halides is 3. The van der Waals surface area contributed by atoms with Crippen LogP contribution in [0.2, 0.25) is 0 Å². The van der Waals surface area contributed by atoms with Gasteiger partial charge in [-0.15, -0.1) is 11.8 Å². The first-order chi connectivity index (χ1) is 19.6. The molecule has 0 spiro atoms. The van der Waals surface area contributed by atoms with E-state index in [1.54, 1.807) is 83.1 Å². The molecule has 1 aliphatic rings. The number of aliphatic hydroxyl groups excluding tert-OH is 1. The molecule has 1 saturated heterocycles. The number of hydrogen-bond donors (Lipinski definition) is 1. The van der Waals surface area contributed by atoms with Crippen LogP contribution in [-0.2, 0) is 42.9 Å². The average Bonchev–Trinajstić information content (AvgIpc) is 3.13. The lowest BCUT2D eigenvalue weighted by atomic mass is 9.97. The van der Waals surface area contributed by atoms with Gasteiger partial charge in [-0.1, -0.05) is 15.9 Å². The van der Waals surface area contributed by atoms with Crippen LogP contribution in [0.15, 0.2) is 0 Å². The maximum absolute atomic E-state index is 14.1. The molecule has 1 aliphatic heterocycles. The Morgan fingerprint density at radius 1 is 0.818 bits per heavy atom. The van der Waals surface area contributed by atoms with Crippen molar-refractivity contribution in [3.05, 3.63) is 0 Å². The molecule has 0 amide bonds. The van der Waals surface area contributed by atoms with E-state index in [1.165, 1.54) is 0 Å². The molecule has 7 atom stereocenters. The molecule has 1 fully saturated rings. The van der Waals surface area contributed by atoms with Crippen LogP contribution in [0.1, 0.15) is 83.1 Å². The van der Waals surface area contributed by atoms with Gasteiger partial charge >= 0.3 is 23.9 Å². The zero-order valence-corrected chi connectivity index (χ0v) is 30.1. The number of ether oxygens (including phenoxy) is 4. The first kappa shape index (κ1) is 42.2. The number of esters is 4. The second-order valence-electron chi connectivity index (χ2n) is 14.5. The van der Waals surface area contributed by atoms with Crippen LogP contribution in [0.3, 0.4) is 0 Å². The van der Waals surface area contributed by atoms with Gasteiger partial charge in [0.25, 0.3) is 0 Å². The van der Waals surface area contributed by atoms with Gasteiger partial charge in [0, 0.05) is 0 Å². The number of carbonyl (C=O) groups excluding carboxylic acids is 5. The number of hydrogen-bond acceptors (Lipinski definition) is 11. The van der Waals surface area contributed by atoms with Crippen molar-refractivity contribution in [3.63, 3.8) is 0 Å². The van der Waals surface area contributed by atoms with Gasteiger partial charge < -0.3 is 24.1 Å². The van der Waals surface area contributed by atoms with Gasteiger partial charge in [0.05, 0.1) is 31.7 Å². The van der Waals surface area contributed by atoms with Crippen LogP contribution in [0.5, 0.6) is 0 Å². The molecule has 1 unspecified atom stereocenters. The van der Waals surface area contributed by atoms with Gasteiger partial charge in [-0.05, 0) is 83.1 Å². The molecule has 1 N–H and O–H groups in total. The van der Waals surface area contributed by atoms with Gasteiger partial charge in [0.15, 0.2) is 30.8 Å². The first-order valence-corrected chi connectivity index (χ1v) is 16.0. The minimum atomic E-state index is -2.01. The zero-order chi connectivity index (χ0) is 35.0. The number of carbonyl (C=O) groups is 5. The third-order valence-corrected chi connectivity index (χ3v) is 7.83. The minimum Gasteiger partial charge on any atom is -0.464 e. The molecule has 44 heavy (non-hydrogen) atoms. The molecule has 0 saturated carbocycles. The highest BCUT2D eigenvalue weighted by atomic mass is 79.9. The van der Waals surface area contributed by atoms with Crippen molar-refractivity contribution in [1.82, 2.24) is 0 Å². The number of aldehydes is 1. The van der Waals surface area contributed by atoms with E-state index in [1.807, 2.05) is 0 Å². The van der Waals surface area contributed by atoms with Gasteiger partial charge in [0.2, 0.25) is 0 Å². The van der Waals surface area contributed by atoms with E-state index in [-0.39, 0.29) is 19.5 Å². The number of aliphatic hydroxyl groups is 1. The summed E-state index contributed by atoms with van der Waals surface area (Å²) in [6.07, 6.45) is -6.14. The normalized spacial score (nSPS) is 22.8. The highest BCUT2D eigenvalue weighted by Gasteiger charge is 2.48. The standard InChI is InChI=1S/C15H24BrFO5.C15H25FO5S/c1-14(2,3)12(19)21-8-9(16)11(10(17)7-18)22-13(20)15(4,5)6;1-14(2,3)12(18)20-7-8-10(9(16)11(17)22-8)21-13(19)15(4,5)6/h7,9-11H,8H2,1-6H3;8-11,17H,7H2,1-6H3/t9-,10+,11+;8-,9+,10-,11?/m01/s1. The largest absolute Gasteiger partial charge is 0.464 e. The Bertz CT molecular complexity index is 998. The summed E-state index contributed by atoms with van der Waals surface area (Å²) in [4.78, 5) is 57.1. The smallest absolute Gasteiger partial charge is 0.311 e. The summed E-state index contributed by atoms with van der Waals surface area (Å²) in [5.74, 6) is -2.10. The summed E-state index contributed by atoms with van der Waals surface area (Å²) < 4.78 is 48.3. The Morgan fingerprint density at radius 3 is 1.66 bits per heavy atom. The second-order valence-corrected chi connectivity index (χ2v) is 17.1. The molecule has 1 heterocycles. The summed E-state index contributed by atoms with van der Waals surface area (Å²) in [7, 11) is 0. The van der Waals surface area contributed by atoms with Crippen LogP contribution in [-0.4, -0.2) is 88.5 Å². The monoisotopic (exact) mass is 718 g/mol. The van der Waals surface area contributed by atoms with Gasteiger partial charge in [-0.3, -0.25) is 24.0 Å². The third kappa shape index (κ3) is 14.1. The van der Waals surface area contributed by atoms with E-state index >= 15 is 0 Å². The predicted molar refractivity (Wildman–Crippen MR) is 165 cm³/mol. The fraction of sp³-hybridized carbons (Fsp3) is 0.833. The van der Waals surface area contributed by atoms with Crippen molar-refractivity contribution in [1.29, 1.82) is 0 Å². The van der Waals surface area contributed by atoms with Crippen LogP contribution in [0.4, 0.5) is 8.78 Å². The molecule has 256 valence electrons. The lowest BCUT2D eigenvalue weighted by molar-refractivity contribution is -0.165. The summed E-state index contributed by atoms with van der Waals surface area (Å²) >= 11 is 4.04. The van der Waals surface area contributed by atoms with E-state index in [9.17, 15) is 37.9 Å². The molecule has 14 heteroatoms. The Balaban J connectivity index is 0.000000840. The molecule has 10 nitrogen and oxygen atoms in total. The molecule has 1 rings (SSSR count). The summed E-state index contributed by atoms with van der Waals surface area (Å²) in [5.41, 5.74) is -4.28. The number of halogens is 3. The molecule has 0 aromatic heterocycles. The SMILES string of the molecule is CC(C)(C)C(=O)OC[C@H](Br)[C@@H](OC(=O)C(C)(C)C)[C@H](F)C=O.CC(C)(C)C(=O)OC[C@H]1SC(O)[C@@H](F)[C@@H]1OC(=O)C(C)(C)C. The van der Waals surface area contributed by atoms with Crippen molar-refractivity contribution < 1.29 is 56.8 Å². The maximum Gasteiger partial charge on any atom is 0.311 e. The van der Waals surface area contributed by atoms with Gasteiger partial charge in [-0.25, -0.2) is 8.78 Å². The Kier molecular flexibility index (Phi) is 16.0.